The van der Waals surface area contributed by atoms with Crippen LogP contribution in [0, 0.1) is 11.7 Å². The number of amides is 2. The summed E-state index contributed by atoms with van der Waals surface area (Å²) in [7, 11) is 0. The molecule has 1 N–H and O–H groups in total. The van der Waals surface area contributed by atoms with Crippen LogP contribution in [0.5, 0.6) is 0 Å². The van der Waals surface area contributed by atoms with E-state index in [1.54, 1.807) is 28.4 Å². The number of fused-ring (bicyclic) bond motifs is 3. The normalized spacial score (nSPS) is 25.7. The van der Waals surface area contributed by atoms with Crippen molar-refractivity contribution in [3.63, 3.8) is 0 Å². The first-order chi connectivity index (χ1) is 15.4. The first-order valence-electron chi connectivity index (χ1n) is 11.3. The van der Waals surface area contributed by atoms with Gasteiger partial charge in [-0.05, 0) is 60.9 Å². The molecule has 0 radical (unpaired) electrons. The van der Waals surface area contributed by atoms with Crippen molar-refractivity contribution in [2.24, 2.45) is 5.92 Å². The number of hydrogen-bond donors (Lipinski definition) is 1. The maximum Gasteiger partial charge on any atom is 0.271 e. The first kappa shape index (κ1) is 21.2. The van der Waals surface area contributed by atoms with E-state index in [-0.39, 0.29) is 30.2 Å². The highest BCUT2D eigenvalue weighted by molar-refractivity contribution is 7.17. The van der Waals surface area contributed by atoms with Crippen LogP contribution in [0.2, 0.25) is 0 Å². The van der Waals surface area contributed by atoms with Gasteiger partial charge in [0.15, 0.2) is 0 Å². The minimum absolute atomic E-state index is 0.117. The number of benzene rings is 1. The lowest BCUT2D eigenvalue weighted by molar-refractivity contribution is -0.134. The third-order valence-electron chi connectivity index (χ3n) is 7.20. The fourth-order valence-corrected chi connectivity index (χ4v) is 6.02. The Hall–Kier alpha value is -2.67. The van der Waals surface area contributed by atoms with Gasteiger partial charge in [-0.1, -0.05) is 31.9 Å². The highest BCUT2D eigenvalue weighted by Crippen LogP contribution is 2.36. The molecule has 5 rings (SSSR count). The molecule has 2 aromatic heterocycles. The Balaban J connectivity index is 1.53. The number of aromatic nitrogens is 1. The third kappa shape index (κ3) is 3.52. The molecule has 1 saturated carbocycles. The molecule has 3 aromatic rings. The quantitative estimate of drug-likeness (QED) is 0.608. The van der Waals surface area contributed by atoms with Gasteiger partial charge in [-0.3, -0.25) is 9.59 Å². The van der Waals surface area contributed by atoms with Gasteiger partial charge in [-0.25, -0.2) is 4.39 Å². The van der Waals surface area contributed by atoms with Crippen LogP contribution >= 0.6 is 11.3 Å². The average Bonchev–Trinajstić information content (AvgIpc) is 3.35. The molecule has 0 unspecified atom stereocenters. The number of nitrogens with one attached hydrogen (secondary N) is 1. The lowest BCUT2D eigenvalue weighted by Gasteiger charge is -2.45. The standard InChI is InChI=1S/C25H28FN3O2S/c1-16-6-3-4-9-19(16)27-24(31)25(2)15-28-20-10-11-32-22(20)13-21(28)23(30)29(25)14-17-7-5-8-18(26)12-17/h5,7-8,10-13,16,19H,3-4,6,9,14-15H2,1-2H3,(H,27,31)/t16-,19-,25-/m1/s1. The van der Waals surface area contributed by atoms with Gasteiger partial charge < -0.3 is 14.8 Å². The largest absolute Gasteiger partial charge is 0.351 e. The van der Waals surface area contributed by atoms with E-state index >= 15 is 0 Å². The zero-order chi connectivity index (χ0) is 22.5. The van der Waals surface area contributed by atoms with Gasteiger partial charge in [0.1, 0.15) is 17.1 Å². The predicted octanol–water partition coefficient (Wildman–Crippen LogP) is 4.95. The van der Waals surface area contributed by atoms with Crippen molar-refractivity contribution in [2.45, 2.75) is 64.2 Å². The second-order valence-corrected chi connectivity index (χ2v) is 10.4. The molecule has 3 atom stereocenters. The number of thiophene rings is 1. The fraction of sp³-hybridized carbons (Fsp3) is 0.440. The fourth-order valence-electron chi connectivity index (χ4n) is 5.19. The average molecular weight is 454 g/mol. The monoisotopic (exact) mass is 453 g/mol. The number of halogens is 1. The third-order valence-corrected chi connectivity index (χ3v) is 8.05. The highest BCUT2D eigenvalue weighted by Gasteiger charge is 2.48. The molecule has 0 spiro atoms. The maximum atomic E-state index is 13.9. The van der Waals surface area contributed by atoms with Crippen LogP contribution in [0.25, 0.3) is 10.2 Å². The van der Waals surface area contributed by atoms with Crippen LogP contribution in [-0.2, 0) is 17.9 Å². The molecule has 2 aliphatic rings. The Morgan fingerprint density at radius 2 is 2.06 bits per heavy atom. The minimum Gasteiger partial charge on any atom is -0.351 e. The topological polar surface area (TPSA) is 54.3 Å². The number of carbonyl (C=O) groups excluding carboxylic acids is 2. The van der Waals surface area contributed by atoms with Gasteiger partial charge in [0, 0.05) is 12.6 Å². The second kappa shape index (κ2) is 8.03. The van der Waals surface area contributed by atoms with E-state index in [9.17, 15) is 14.0 Å². The molecule has 5 nitrogen and oxygen atoms in total. The van der Waals surface area contributed by atoms with Crippen LogP contribution < -0.4 is 5.32 Å². The summed E-state index contributed by atoms with van der Waals surface area (Å²) in [6.07, 6.45) is 4.36. The summed E-state index contributed by atoms with van der Waals surface area (Å²) in [6.45, 7) is 4.58. The molecule has 1 aliphatic heterocycles. The number of carbonyl (C=O) groups is 2. The Kier molecular flexibility index (Phi) is 5.32. The smallest absolute Gasteiger partial charge is 0.271 e. The molecule has 0 saturated heterocycles. The summed E-state index contributed by atoms with van der Waals surface area (Å²) in [5.41, 5.74) is 1.15. The van der Waals surface area contributed by atoms with Gasteiger partial charge >= 0.3 is 0 Å². The van der Waals surface area contributed by atoms with Crippen LogP contribution in [0.4, 0.5) is 4.39 Å². The van der Waals surface area contributed by atoms with Gasteiger partial charge in [0.2, 0.25) is 5.91 Å². The molecule has 0 bridgehead atoms. The molecule has 2 amide bonds. The van der Waals surface area contributed by atoms with Crippen LogP contribution in [0.3, 0.4) is 0 Å². The zero-order valence-corrected chi connectivity index (χ0v) is 19.3. The number of rotatable bonds is 4. The van der Waals surface area contributed by atoms with E-state index in [2.05, 4.69) is 12.2 Å². The van der Waals surface area contributed by atoms with Crippen molar-refractivity contribution in [2.75, 3.05) is 0 Å². The lowest BCUT2D eigenvalue weighted by Crippen LogP contribution is -2.65. The van der Waals surface area contributed by atoms with Crippen molar-refractivity contribution >= 4 is 33.4 Å². The summed E-state index contributed by atoms with van der Waals surface area (Å²) in [6, 6.07) is 10.3. The summed E-state index contributed by atoms with van der Waals surface area (Å²) < 4.78 is 16.9. The Morgan fingerprint density at radius 1 is 1.25 bits per heavy atom. The van der Waals surface area contributed by atoms with E-state index in [0.29, 0.717) is 23.7 Å². The van der Waals surface area contributed by atoms with Crippen LogP contribution in [-0.4, -0.2) is 32.9 Å². The summed E-state index contributed by atoms with van der Waals surface area (Å²) in [5.74, 6) is -0.266. The predicted molar refractivity (Wildman–Crippen MR) is 124 cm³/mol. The Bertz CT molecular complexity index is 1190. The van der Waals surface area contributed by atoms with Gasteiger partial charge in [0.25, 0.3) is 5.91 Å². The Morgan fingerprint density at radius 3 is 2.84 bits per heavy atom. The molecular weight excluding hydrogens is 425 g/mol. The molecule has 32 heavy (non-hydrogen) atoms. The molecule has 3 heterocycles. The molecule has 7 heteroatoms. The second-order valence-electron chi connectivity index (χ2n) is 9.42. The van der Waals surface area contributed by atoms with Crippen molar-refractivity contribution in [3.05, 3.63) is 58.9 Å². The van der Waals surface area contributed by atoms with Crippen molar-refractivity contribution in [3.8, 4) is 0 Å². The van der Waals surface area contributed by atoms with Gasteiger partial charge in [-0.2, -0.15) is 0 Å². The Labute approximate surface area is 191 Å². The number of nitrogens with zero attached hydrogens (tertiary/aromatic N) is 2. The van der Waals surface area contributed by atoms with Gasteiger partial charge in [0.05, 0.1) is 16.8 Å². The summed E-state index contributed by atoms with van der Waals surface area (Å²) in [4.78, 5) is 29.1. The molecule has 168 valence electrons. The summed E-state index contributed by atoms with van der Waals surface area (Å²) >= 11 is 1.59. The van der Waals surface area contributed by atoms with E-state index in [0.717, 1.165) is 29.5 Å². The molecule has 1 aromatic carbocycles. The van der Waals surface area contributed by atoms with E-state index in [4.69, 9.17) is 0 Å². The molecule has 1 aliphatic carbocycles. The SMILES string of the molecule is C[C@@H]1CCCC[C@H]1NC(=O)[C@@]1(C)Cn2c(cc3sccc32)C(=O)N1Cc1cccc(F)c1. The minimum atomic E-state index is -1.08. The molecule has 1 fully saturated rings. The van der Waals surface area contributed by atoms with Crippen molar-refractivity contribution < 1.29 is 14.0 Å². The highest BCUT2D eigenvalue weighted by atomic mass is 32.1. The number of hydrogen-bond acceptors (Lipinski definition) is 3. The van der Waals surface area contributed by atoms with Crippen molar-refractivity contribution in [1.82, 2.24) is 14.8 Å². The lowest BCUT2D eigenvalue weighted by atomic mass is 9.85. The maximum absolute atomic E-state index is 13.9. The van der Waals surface area contributed by atoms with E-state index in [1.165, 1.54) is 18.6 Å². The van der Waals surface area contributed by atoms with Crippen LogP contribution in [0.1, 0.15) is 55.6 Å². The van der Waals surface area contributed by atoms with E-state index in [1.807, 2.05) is 29.0 Å². The van der Waals surface area contributed by atoms with Gasteiger partial charge in [-0.15, -0.1) is 11.3 Å². The summed E-state index contributed by atoms with van der Waals surface area (Å²) in [5, 5.41) is 5.28. The van der Waals surface area contributed by atoms with Crippen molar-refractivity contribution in [1.29, 1.82) is 0 Å². The molecular formula is C25H28FN3O2S. The zero-order valence-electron chi connectivity index (χ0n) is 18.4. The first-order valence-corrected chi connectivity index (χ1v) is 12.2. The van der Waals surface area contributed by atoms with Crippen LogP contribution in [0.15, 0.2) is 41.8 Å². The van der Waals surface area contributed by atoms with E-state index < -0.39 is 5.54 Å².